The molecule has 0 radical (unpaired) electrons. The summed E-state index contributed by atoms with van der Waals surface area (Å²) in [6, 6.07) is 21.4. The number of halogens is 1. The molecule has 0 atom stereocenters. The van der Waals surface area contributed by atoms with Crippen molar-refractivity contribution in [3.8, 4) is 5.69 Å². The van der Waals surface area contributed by atoms with Crippen LogP contribution in [0.4, 0.5) is 5.95 Å². The summed E-state index contributed by atoms with van der Waals surface area (Å²) in [5.41, 5.74) is 4.68. The molecule has 25 heavy (non-hydrogen) atoms. The van der Waals surface area contributed by atoms with E-state index < -0.39 is 0 Å². The Labute approximate surface area is 148 Å². The fourth-order valence-corrected chi connectivity index (χ4v) is 2.65. The van der Waals surface area contributed by atoms with Crippen molar-refractivity contribution in [1.29, 1.82) is 0 Å². The lowest BCUT2D eigenvalue weighted by molar-refractivity contribution is 0.794. The number of anilines is 1. The SMILES string of the molecule is Clc1ccc(/C=N\Nc2nnnn2-c2cccc3ccccc23)cc1. The number of hydrogen-bond donors (Lipinski definition) is 1. The molecule has 0 saturated carbocycles. The Balaban J connectivity index is 1.63. The summed E-state index contributed by atoms with van der Waals surface area (Å²) in [6.07, 6.45) is 1.68. The molecule has 0 aliphatic carbocycles. The quantitative estimate of drug-likeness (QED) is 0.448. The summed E-state index contributed by atoms with van der Waals surface area (Å²) >= 11 is 5.87. The van der Waals surface area contributed by atoms with Crippen molar-refractivity contribution in [3.63, 3.8) is 0 Å². The zero-order chi connectivity index (χ0) is 17.1. The highest BCUT2D eigenvalue weighted by Gasteiger charge is 2.10. The van der Waals surface area contributed by atoms with Gasteiger partial charge < -0.3 is 0 Å². The molecule has 4 rings (SSSR count). The van der Waals surface area contributed by atoms with Crippen LogP contribution < -0.4 is 5.43 Å². The van der Waals surface area contributed by atoms with E-state index in [0.29, 0.717) is 11.0 Å². The van der Waals surface area contributed by atoms with Crippen LogP contribution in [0.1, 0.15) is 5.56 Å². The molecule has 1 aromatic heterocycles. The van der Waals surface area contributed by atoms with Crippen LogP contribution in [0.25, 0.3) is 16.5 Å². The summed E-state index contributed by atoms with van der Waals surface area (Å²) in [6.45, 7) is 0. The van der Waals surface area contributed by atoms with E-state index in [2.05, 4.69) is 38.2 Å². The zero-order valence-corrected chi connectivity index (χ0v) is 13.8. The van der Waals surface area contributed by atoms with Gasteiger partial charge in [-0.3, -0.25) is 0 Å². The molecule has 0 aliphatic heterocycles. The van der Waals surface area contributed by atoms with Gasteiger partial charge in [-0.05, 0) is 39.6 Å². The summed E-state index contributed by atoms with van der Waals surface area (Å²) in [7, 11) is 0. The van der Waals surface area contributed by atoms with Gasteiger partial charge >= 0.3 is 0 Å². The summed E-state index contributed by atoms with van der Waals surface area (Å²) < 4.78 is 1.63. The van der Waals surface area contributed by atoms with Crippen LogP contribution in [0.3, 0.4) is 0 Å². The number of hydrogen-bond acceptors (Lipinski definition) is 5. The molecule has 0 unspecified atom stereocenters. The first-order valence-corrected chi connectivity index (χ1v) is 8.00. The summed E-state index contributed by atoms with van der Waals surface area (Å²) in [4.78, 5) is 0. The number of benzene rings is 3. The predicted molar refractivity (Wildman–Crippen MR) is 99.3 cm³/mol. The fraction of sp³-hybridized carbons (Fsp3) is 0. The van der Waals surface area contributed by atoms with E-state index in [0.717, 1.165) is 22.0 Å². The first-order valence-electron chi connectivity index (χ1n) is 7.62. The van der Waals surface area contributed by atoms with Gasteiger partial charge in [-0.25, -0.2) is 5.43 Å². The summed E-state index contributed by atoms with van der Waals surface area (Å²) in [5, 5.41) is 18.9. The lowest BCUT2D eigenvalue weighted by atomic mass is 10.1. The van der Waals surface area contributed by atoms with Gasteiger partial charge in [-0.15, -0.1) is 0 Å². The molecular formula is C18H13ClN6. The number of nitrogens with zero attached hydrogens (tertiary/aromatic N) is 5. The number of aromatic nitrogens is 4. The average Bonchev–Trinajstić information content (AvgIpc) is 3.11. The van der Waals surface area contributed by atoms with E-state index in [1.54, 1.807) is 10.9 Å². The second-order valence-corrected chi connectivity index (χ2v) is 5.77. The van der Waals surface area contributed by atoms with E-state index in [-0.39, 0.29) is 0 Å². The molecule has 4 aromatic rings. The standard InChI is InChI=1S/C18H13ClN6/c19-15-10-8-13(9-11-15)12-20-21-18-22-23-24-25(18)17-7-3-5-14-4-1-2-6-16(14)17/h1-12H,(H,21,22,24)/b20-12-. The zero-order valence-electron chi connectivity index (χ0n) is 13.0. The van der Waals surface area contributed by atoms with Crippen LogP contribution in [0, 0.1) is 0 Å². The van der Waals surface area contributed by atoms with Crippen molar-refractivity contribution >= 4 is 34.5 Å². The topological polar surface area (TPSA) is 68.0 Å². The molecule has 0 bridgehead atoms. The van der Waals surface area contributed by atoms with Gasteiger partial charge in [0.1, 0.15) is 0 Å². The van der Waals surface area contributed by atoms with Crippen molar-refractivity contribution in [2.75, 3.05) is 5.43 Å². The number of fused-ring (bicyclic) bond motifs is 1. The van der Waals surface area contributed by atoms with Gasteiger partial charge in [-0.2, -0.15) is 9.78 Å². The Morgan fingerprint density at radius 1 is 0.960 bits per heavy atom. The fourth-order valence-electron chi connectivity index (χ4n) is 2.53. The second-order valence-electron chi connectivity index (χ2n) is 5.33. The van der Waals surface area contributed by atoms with E-state index in [1.165, 1.54) is 0 Å². The molecule has 1 heterocycles. The van der Waals surface area contributed by atoms with Crippen LogP contribution in [0.2, 0.25) is 5.02 Å². The van der Waals surface area contributed by atoms with Crippen LogP contribution in [-0.4, -0.2) is 26.4 Å². The molecule has 6 nitrogen and oxygen atoms in total. The number of nitrogens with one attached hydrogen (secondary N) is 1. The molecule has 0 fully saturated rings. The van der Waals surface area contributed by atoms with Crippen molar-refractivity contribution in [2.24, 2.45) is 5.10 Å². The normalized spacial score (nSPS) is 11.2. The van der Waals surface area contributed by atoms with Crippen molar-refractivity contribution in [3.05, 3.63) is 77.3 Å². The monoisotopic (exact) mass is 348 g/mol. The van der Waals surface area contributed by atoms with E-state index in [4.69, 9.17) is 11.6 Å². The van der Waals surface area contributed by atoms with Crippen molar-refractivity contribution in [1.82, 2.24) is 20.2 Å². The minimum atomic E-state index is 0.432. The molecule has 0 aliphatic rings. The van der Waals surface area contributed by atoms with Crippen LogP contribution in [-0.2, 0) is 0 Å². The molecule has 0 saturated heterocycles. The third-order valence-corrected chi connectivity index (χ3v) is 3.96. The molecule has 3 aromatic carbocycles. The van der Waals surface area contributed by atoms with E-state index in [9.17, 15) is 0 Å². The summed E-state index contributed by atoms with van der Waals surface area (Å²) in [5.74, 6) is 0.432. The van der Waals surface area contributed by atoms with Crippen LogP contribution in [0.15, 0.2) is 71.8 Å². The highest BCUT2D eigenvalue weighted by Crippen LogP contribution is 2.23. The van der Waals surface area contributed by atoms with Crippen molar-refractivity contribution < 1.29 is 0 Å². The molecule has 0 amide bonds. The Morgan fingerprint density at radius 2 is 1.76 bits per heavy atom. The Kier molecular flexibility index (Phi) is 4.10. The highest BCUT2D eigenvalue weighted by atomic mass is 35.5. The van der Waals surface area contributed by atoms with Gasteiger partial charge in [0.15, 0.2) is 0 Å². The second kappa shape index (κ2) is 6.70. The van der Waals surface area contributed by atoms with Gasteiger partial charge in [0.05, 0.1) is 11.9 Å². The largest absolute Gasteiger partial charge is 0.268 e. The Morgan fingerprint density at radius 3 is 2.64 bits per heavy atom. The van der Waals surface area contributed by atoms with Gasteiger partial charge in [0, 0.05) is 10.4 Å². The van der Waals surface area contributed by atoms with Gasteiger partial charge in [-0.1, -0.05) is 65.2 Å². The maximum Gasteiger partial charge on any atom is 0.268 e. The Hall–Kier alpha value is -3.25. The third-order valence-electron chi connectivity index (χ3n) is 3.71. The smallest absolute Gasteiger partial charge is 0.244 e. The third kappa shape index (κ3) is 3.20. The number of rotatable bonds is 4. The minimum Gasteiger partial charge on any atom is -0.244 e. The number of tetrazole rings is 1. The average molecular weight is 349 g/mol. The maximum atomic E-state index is 5.87. The number of hydrazone groups is 1. The van der Waals surface area contributed by atoms with E-state index >= 15 is 0 Å². The minimum absolute atomic E-state index is 0.432. The Bertz CT molecular complexity index is 1030. The van der Waals surface area contributed by atoms with Crippen LogP contribution in [0.5, 0.6) is 0 Å². The molecule has 7 heteroatoms. The van der Waals surface area contributed by atoms with Gasteiger partial charge in [0.2, 0.25) is 0 Å². The first kappa shape index (κ1) is 15.3. The van der Waals surface area contributed by atoms with Gasteiger partial charge in [0.25, 0.3) is 5.95 Å². The molecule has 0 spiro atoms. The molecule has 122 valence electrons. The first-order chi connectivity index (χ1) is 12.3. The van der Waals surface area contributed by atoms with Crippen molar-refractivity contribution in [2.45, 2.75) is 0 Å². The maximum absolute atomic E-state index is 5.87. The molecular weight excluding hydrogens is 336 g/mol. The van der Waals surface area contributed by atoms with E-state index in [1.807, 2.05) is 54.6 Å². The predicted octanol–water partition coefficient (Wildman–Crippen LogP) is 3.91. The highest BCUT2D eigenvalue weighted by molar-refractivity contribution is 6.30. The lowest BCUT2D eigenvalue weighted by Gasteiger charge is -2.07. The van der Waals surface area contributed by atoms with Crippen LogP contribution >= 0.6 is 11.6 Å². The lowest BCUT2D eigenvalue weighted by Crippen LogP contribution is -2.04. The molecule has 1 N–H and O–H groups in total.